The van der Waals surface area contributed by atoms with Gasteiger partial charge < -0.3 is 19.7 Å². The maximum atomic E-state index is 9.73. The number of ether oxygens (including phenoxy) is 2. The second kappa shape index (κ2) is 9.30. The van der Waals surface area contributed by atoms with Crippen LogP contribution in [0.1, 0.15) is 26.7 Å². The summed E-state index contributed by atoms with van der Waals surface area (Å²) in [4.78, 5) is 0. The number of aliphatic hydroxyl groups excluding tert-OH is 2. The van der Waals surface area contributed by atoms with Crippen molar-refractivity contribution in [1.29, 1.82) is 0 Å². The lowest BCUT2D eigenvalue weighted by atomic mass is 10.0. The second-order valence-electron chi connectivity index (χ2n) is 5.74. The summed E-state index contributed by atoms with van der Waals surface area (Å²) in [7, 11) is 0. The van der Waals surface area contributed by atoms with Crippen molar-refractivity contribution in [1.82, 2.24) is 0 Å². The number of benzene rings is 2. The zero-order valence-electron chi connectivity index (χ0n) is 14.3. The van der Waals surface area contributed by atoms with Crippen LogP contribution in [-0.2, 0) is 0 Å². The highest BCUT2D eigenvalue weighted by Gasteiger charge is 2.13. The first-order valence-corrected chi connectivity index (χ1v) is 8.45. The fourth-order valence-corrected chi connectivity index (χ4v) is 2.24. The Balaban J connectivity index is 2.25. The third-order valence-corrected chi connectivity index (χ3v) is 3.87. The summed E-state index contributed by atoms with van der Waals surface area (Å²) in [5.41, 5.74) is 1.81. The lowest BCUT2D eigenvalue weighted by Gasteiger charge is -2.17. The van der Waals surface area contributed by atoms with Gasteiger partial charge in [0.2, 0.25) is 0 Å². The van der Waals surface area contributed by atoms with E-state index in [9.17, 15) is 10.2 Å². The first kappa shape index (κ1) is 18.3. The summed E-state index contributed by atoms with van der Waals surface area (Å²) in [5.74, 6) is 1.41. The highest BCUT2D eigenvalue weighted by atomic mass is 16.5. The van der Waals surface area contributed by atoms with Crippen LogP contribution in [0.2, 0.25) is 0 Å². The number of aliphatic hydroxyl groups is 2. The monoisotopic (exact) mass is 330 g/mol. The van der Waals surface area contributed by atoms with Crippen molar-refractivity contribution in [3.63, 3.8) is 0 Å². The summed E-state index contributed by atoms with van der Waals surface area (Å²) in [6.07, 6.45) is 0.335. The third-order valence-electron chi connectivity index (χ3n) is 3.87. The SMILES string of the molecule is CCC(O)COc1ccccc1-c1ccccc1OCC(O)CC. The van der Waals surface area contributed by atoms with Crippen LogP contribution in [0.25, 0.3) is 11.1 Å². The Bertz CT molecular complexity index is 571. The second-order valence-corrected chi connectivity index (χ2v) is 5.74. The van der Waals surface area contributed by atoms with E-state index in [1.807, 2.05) is 62.4 Å². The van der Waals surface area contributed by atoms with Crippen LogP contribution in [0.4, 0.5) is 0 Å². The van der Waals surface area contributed by atoms with Crippen LogP contribution in [-0.4, -0.2) is 35.6 Å². The molecule has 0 aliphatic carbocycles. The Morgan fingerprint density at radius 2 is 1.08 bits per heavy atom. The van der Waals surface area contributed by atoms with E-state index in [2.05, 4.69) is 0 Å². The summed E-state index contributed by atoms with van der Waals surface area (Å²) in [6, 6.07) is 15.4. The molecule has 2 aromatic rings. The molecular formula is C20H26O4. The molecule has 2 unspecified atom stereocenters. The van der Waals surface area contributed by atoms with E-state index >= 15 is 0 Å². The van der Waals surface area contributed by atoms with Gasteiger partial charge in [-0.05, 0) is 25.0 Å². The summed E-state index contributed by atoms with van der Waals surface area (Å²) >= 11 is 0. The van der Waals surface area contributed by atoms with Crippen LogP contribution < -0.4 is 9.47 Å². The molecule has 4 nitrogen and oxygen atoms in total. The number of para-hydroxylation sites is 2. The molecule has 0 amide bonds. The fraction of sp³-hybridized carbons (Fsp3) is 0.400. The number of hydrogen-bond acceptors (Lipinski definition) is 4. The molecular weight excluding hydrogens is 304 g/mol. The van der Waals surface area contributed by atoms with Crippen LogP contribution in [0, 0.1) is 0 Å². The average Bonchev–Trinajstić information content (AvgIpc) is 2.64. The lowest BCUT2D eigenvalue weighted by Crippen LogP contribution is -2.17. The maximum Gasteiger partial charge on any atom is 0.127 e. The van der Waals surface area contributed by atoms with Gasteiger partial charge in [0.25, 0.3) is 0 Å². The highest BCUT2D eigenvalue weighted by Crippen LogP contribution is 2.36. The Hall–Kier alpha value is -2.04. The summed E-state index contributed by atoms with van der Waals surface area (Å²) in [5, 5.41) is 19.5. The molecule has 130 valence electrons. The maximum absolute atomic E-state index is 9.73. The van der Waals surface area contributed by atoms with Crippen molar-refractivity contribution in [2.75, 3.05) is 13.2 Å². The van der Waals surface area contributed by atoms with Crippen molar-refractivity contribution in [3.8, 4) is 22.6 Å². The number of rotatable bonds is 9. The van der Waals surface area contributed by atoms with Crippen molar-refractivity contribution in [3.05, 3.63) is 48.5 Å². The molecule has 2 N–H and O–H groups in total. The van der Waals surface area contributed by atoms with Crippen LogP contribution in [0.15, 0.2) is 48.5 Å². The molecule has 2 atom stereocenters. The van der Waals surface area contributed by atoms with Gasteiger partial charge in [0.1, 0.15) is 24.7 Å². The molecule has 0 saturated carbocycles. The molecule has 0 aliphatic heterocycles. The van der Waals surface area contributed by atoms with Crippen molar-refractivity contribution in [2.24, 2.45) is 0 Å². The van der Waals surface area contributed by atoms with E-state index in [0.29, 0.717) is 24.3 Å². The molecule has 0 bridgehead atoms. The normalized spacial score (nSPS) is 13.3. The molecule has 4 heteroatoms. The van der Waals surface area contributed by atoms with E-state index in [4.69, 9.17) is 9.47 Å². The average molecular weight is 330 g/mol. The Morgan fingerprint density at radius 1 is 0.708 bits per heavy atom. The van der Waals surface area contributed by atoms with Gasteiger partial charge in [0.05, 0.1) is 12.2 Å². The molecule has 2 aromatic carbocycles. The Kier molecular flexibility index (Phi) is 7.09. The smallest absolute Gasteiger partial charge is 0.127 e. The van der Waals surface area contributed by atoms with Crippen molar-refractivity contribution < 1.29 is 19.7 Å². The minimum atomic E-state index is -0.482. The van der Waals surface area contributed by atoms with E-state index in [1.54, 1.807) is 0 Å². The largest absolute Gasteiger partial charge is 0.490 e. The van der Waals surface area contributed by atoms with Gasteiger partial charge in [-0.15, -0.1) is 0 Å². The van der Waals surface area contributed by atoms with Crippen molar-refractivity contribution in [2.45, 2.75) is 38.9 Å². The first-order valence-electron chi connectivity index (χ1n) is 8.45. The third kappa shape index (κ3) is 4.98. The Labute approximate surface area is 143 Å². The van der Waals surface area contributed by atoms with Gasteiger partial charge in [-0.3, -0.25) is 0 Å². The molecule has 0 fully saturated rings. The zero-order chi connectivity index (χ0) is 17.4. The molecule has 0 spiro atoms. The molecule has 0 aromatic heterocycles. The van der Waals surface area contributed by atoms with E-state index < -0.39 is 12.2 Å². The molecule has 0 heterocycles. The van der Waals surface area contributed by atoms with E-state index in [0.717, 1.165) is 11.1 Å². The molecule has 24 heavy (non-hydrogen) atoms. The Morgan fingerprint density at radius 3 is 1.46 bits per heavy atom. The van der Waals surface area contributed by atoms with Crippen LogP contribution in [0.5, 0.6) is 11.5 Å². The molecule has 0 saturated heterocycles. The zero-order valence-corrected chi connectivity index (χ0v) is 14.3. The van der Waals surface area contributed by atoms with Gasteiger partial charge in [-0.1, -0.05) is 50.2 Å². The topological polar surface area (TPSA) is 58.9 Å². The van der Waals surface area contributed by atoms with Gasteiger partial charge in [0, 0.05) is 11.1 Å². The van der Waals surface area contributed by atoms with Crippen LogP contribution in [0.3, 0.4) is 0 Å². The summed E-state index contributed by atoms with van der Waals surface area (Å²) in [6.45, 7) is 4.35. The fourth-order valence-electron chi connectivity index (χ4n) is 2.24. The van der Waals surface area contributed by atoms with Crippen molar-refractivity contribution >= 4 is 0 Å². The standard InChI is InChI=1S/C20H26O4/c1-3-15(21)13-23-19-11-7-5-9-17(19)18-10-6-8-12-20(18)24-14-16(22)4-2/h5-12,15-16,21-22H,3-4,13-14H2,1-2H3. The van der Waals surface area contributed by atoms with E-state index in [-0.39, 0.29) is 13.2 Å². The lowest BCUT2D eigenvalue weighted by molar-refractivity contribution is 0.103. The van der Waals surface area contributed by atoms with Gasteiger partial charge in [-0.25, -0.2) is 0 Å². The highest BCUT2D eigenvalue weighted by molar-refractivity contribution is 5.75. The van der Waals surface area contributed by atoms with Gasteiger partial charge in [0.15, 0.2) is 0 Å². The van der Waals surface area contributed by atoms with Gasteiger partial charge in [-0.2, -0.15) is 0 Å². The predicted molar refractivity (Wildman–Crippen MR) is 95.5 cm³/mol. The first-order chi connectivity index (χ1) is 11.7. The quantitative estimate of drug-likeness (QED) is 0.737. The molecule has 0 radical (unpaired) electrons. The van der Waals surface area contributed by atoms with Crippen LogP contribution >= 0.6 is 0 Å². The van der Waals surface area contributed by atoms with E-state index in [1.165, 1.54) is 0 Å². The minimum Gasteiger partial charge on any atom is -0.490 e. The van der Waals surface area contributed by atoms with Gasteiger partial charge >= 0.3 is 0 Å². The molecule has 0 aliphatic rings. The molecule has 2 rings (SSSR count). The minimum absolute atomic E-state index is 0.255. The number of hydrogen-bond donors (Lipinski definition) is 2. The predicted octanol–water partition coefficient (Wildman–Crippen LogP) is 3.65. The summed E-state index contributed by atoms with van der Waals surface area (Å²) < 4.78 is 11.6.